The van der Waals surface area contributed by atoms with E-state index in [-0.39, 0.29) is 0 Å². The molecule has 0 atom stereocenters. The van der Waals surface area contributed by atoms with Gasteiger partial charge in [0.1, 0.15) is 7.05 Å². The summed E-state index contributed by atoms with van der Waals surface area (Å²) in [5.74, 6) is 1.19. The second-order valence-corrected chi connectivity index (χ2v) is 8.30. The smallest absolute Gasteiger partial charge is 0.200 e. The Bertz CT molecular complexity index is 962. The molecular weight excluding hydrogens is 326 g/mol. The van der Waals surface area contributed by atoms with Crippen molar-refractivity contribution in [1.29, 1.82) is 0 Å². The van der Waals surface area contributed by atoms with Crippen LogP contribution in [0.25, 0.3) is 22.0 Å². The van der Waals surface area contributed by atoms with Gasteiger partial charge in [0.15, 0.2) is 6.20 Å². The second kappa shape index (κ2) is 7.84. The fourth-order valence-corrected chi connectivity index (χ4v) is 4.21. The van der Waals surface area contributed by atoms with Crippen LogP contribution in [0.3, 0.4) is 0 Å². The zero-order valence-corrected chi connectivity index (χ0v) is 18.1. The van der Waals surface area contributed by atoms with Crippen molar-refractivity contribution in [2.24, 2.45) is 7.05 Å². The molecule has 1 aromatic heterocycles. The Labute approximate surface area is 165 Å². The standard InChI is InChI=1S/C26H34N/c1-8-20(9-2)21-10-11-24-22(15-21)12-13-27(7)26(24)25-16-23(17(3)4)14-18(5)19(25)6/h10-17,20H,8-9H2,1-7H3/q+1. The molecule has 0 fully saturated rings. The summed E-state index contributed by atoms with van der Waals surface area (Å²) in [6.07, 6.45) is 4.61. The predicted octanol–water partition coefficient (Wildman–Crippen LogP) is 6.98. The lowest BCUT2D eigenvalue weighted by atomic mass is 9.89. The molecule has 0 aliphatic carbocycles. The maximum absolute atomic E-state index is 2.41. The number of benzene rings is 2. The first-order chi connectivity index (χ1) is 12.9. The van der Waals surface area contributed by atoms with Gasteiger partial charge in [-0.25, -0.2) is 4.57 Å². The van der Waals surface area contributed by atoms with Crippen LogP contribution in [0.15, 0.2) is 42.6 Å². The van der Waals surface area contributed by atoms with Crippen molar-refractivity contribution in [3.05, 3.63) is 64.8 Å². The molecule has 3 aromatic rings. The number of nitrogens with zero attached hydrogens (tertiary/aromatic N) is 1. The summed E-state index contributed by atoms with van der Waals surface area (Å²) >= 11 is 0. The molecule has 142 valence electrons. The Balaban J connectivity index is 2.27. The van der Waals surface area contributed by atoms with Crippen LogP contribution < -0.4 is 4.57 Å². The summed E-state index contributed by atoms with van der Waals surface area (Å²) in [5, 5.41) is 2.69. The molecule has 0 N–H and O–H groups in total. The Hall–Kier alpha value is -2.15. The van der Waals surface area contributed by atoms with Gasteiger partial charge in [-0.2, -0.15) is 0 Å². The molecule has 0 spiro atoms. The van der Waals surface area contributed by atoms with Crippen molar-refractivity contribution >= 4 is 10.8 Å². The minimum atomic E-state index is 0.532. The van der Waals surface area contributed by atoms with Gasteiger partial charge in [0.25, 0.3) is 0 Å². The summed E-state index contributed by atoms with van der Waals surface area (Å²) < 4.78 is 2.28. The van der Waals surface area contributed by atoms with Crippen LogP contribution in [0.2, 0.25) is 0 Å². The molecule has 27 heavy (non-hydrogen) atoms. The molecule has 0 unspecified atom stereocenters. The van der Waals surface area contributed by atoms with Crippen LogP contribution in [0.1, 0.15) is 74.6 Å². The number of hydrogen-bond acceptors (Lipinski definition) is 0. The largest absolute Gasteiger partial charge is 0.220 e. The first-order valence-corrected chi connectivity index (χ1v) is 10.4. The molecule has 2 aromatic carbocycles. The Morgan fingerprint density at radius 2 is 1.59 bits per heavy atom. The van der Waals surface area contributed by atoms with E-state index in [0.717, 1.165) is 0 Å². The monoisotopic (exact) mass is 360 g/mol. The fourth-order valence-electron chi connectivity index (χ4n) is 4.21. The summed E-state index contributed by atoms with van der Waals surface area (Å²) in [6.45, 7) is 13.6. The highest BCUT2D eigenvalue weighted by Crippen LogP contribution is 2.34. The number of hydrogen-bond donors (Lipinski definition) is 0. The summed E-state index contributed by atoms with van der Waals surface area (Å²) in [5.41, 5.74) is 8.33. The van der Waals surface area contributed by atoms with Gasteiger partial charge in [0.05, 0.1) is 10.9 Å². The van der Waals surface area contributed by atoms with E-state index in [4.69, 9.17) is 0 Å². The maximum atomic E-state index is 2.41. The number of pyridine rings is 1. The van der Waals surface area contributed by atoms with E-state index in [0.29, 0.717) is 11.8 Å². The fraction of sp³-hybridized carbons (Fsp3) is 0.423. The normalized spacial score (nSPS) is 11.7. The number of aryl methyl sites for hydroxylation is 2. The lowest BCUT2D eigenvalue weighted by molar-refractivity contribution is -0.659. The van der Waals surface area contributed by atoms with Crippen LogP contribution in [-0.2, 0) is 7.05 Å². The molecular formula is C26H34N+. The molecule has 1 heterocycles. The van der Waals surface area contributed by atoms with Gasteiger partial charge < -0.3 is 0 Å². The summed E-state index contributed by atoms with van der Waals surface area (Å²) in [7, 11) is 2.17. The third-order valence-electron chi connectivity index (χ3n) is 6.23. The molecule has 0 aliphatic heterocycles. The van der Waals surface area contributed by atoms with Crippen molar-refractivity contribution in [3.8, 4) is 11.3 Å². The molecule has 0 bridgehead atoms. The lowest BCUT2D eigenvalue weighted by Gasteiger charge is -2.16. The van der Waals surface area contributed by atoms with Crippen molar-refractivity contribution in [2.45, 2.75) is 66.2 Å². The highest BCUT2D eigenvalue weighted by Gasteiger charge is 2.20. The average Bonchev–Trinajstić information content (AvgIpc) is 2.65. The van der Waals surface area contributed by atoms with E-state index in [2.05, 4.69) is 95.8 Å². The van der Waals surface area contributed by atoms with Crippen molar-refractivity contribution in [3.63, 3.8) is 0 Å². The van der Waals surface area contributed by atoms with Gasteiger partial charge in [-0.05, 0) is 78.3 Å². The Morgan fingerprint density at radius 1 is 0.889 bits per heavy atom. The van der Waals surface area contributed by atoms with E-state index in [1.807, 2.05) is 0 Å². The molecule has 0 saturated carbocycles. The lowest BCUT2D eigenvalue weighted by Crippen LogP contribution is -2.31. The average molecular weight is 361 g/mol. The Morgan fingerprint density at radius 3 is 2.22 bits per heavy atom. The molecule has 0 amide bonds. The first-order valence-electron chi connectivity index (χ1n) is 10.4. The van der Waals surface area contributed by atoms with Gasteiger partial charge in [-0.15, -0.1) is 0 Å². The summed E-state index contributed by atoms with van der Waals surface area (Å²) in [4.78, 5) is 0. The van der Waals surface area contributed by atoms with E-state index in [9.17, 15) is 0 Å². The highest BCUT2D eigenvalue weighted by molar-refractivity contribution is 5.94. The van der Waals surface area contributed by atoms with E-state index < -0.39 is 0 Å². The van der Waals surface area contributed by atoms with Crippen LogP contribution in [-0.4, -0.2) is 0 Å². The van der Waals surface area contributed by atoms with Gasteiger partial charge >= 0.3 is 0 Å². The van der Waals surface area contributed by atoms with Crippen LogP contribution in [0, 0.1) is 13.8 Å². The number of fused-ring (bicyclic) bond motifs is 1. The SMILES string of the molecule is CCC(CC)c1ccc2c(-c3cc(C(C)C)cc(C)c3C)[n+](C)ccc2c1. The minimum absolute atomic E-state index is 0.532. The number of aromatic nitrogens is 1. The predicted molar refractivity (Wildman–Crippen MR) is 117 cm³/mol. The summed E-state index contributed by atoms with van der Waals surface area (Å²) in [6, 6.07) is 14.1. The van der Waals surface area contributed by atoms with Crippen molar-refractivity contribution in [1.82, 2.24) is 0 Å². The zero-order chi connectivity index (χ0) is 19.7. The van der Waals surface area contributed by atoms with Crippen LogP contribution in [0.4, 0.5) is 0 Å². The van der Waals surface area contributed by atoms with Crippen LogP contribution in [0.5, 0.6) is 0 Å². The molecule has 1 heteroatoms. The molecule has 0 aliphatic rings. The van der Waals surface area contributed by atoms with E-state index in [1.165, 1.54) is 57.1 Å². The zero-order valence-electron chi connectivity index (χ0n) is 18.1. The second-order valence-electron chi connectivity index (χ2n) is 8.30. The topological polar surface area (TPSA) is 3.88 Å². The third-order valence-corrected chi connectivity index (χ3v) is 6.23. The van der Waals surface area contributed by atoms with E-state index >= 15 is 0 Å². The molecule has 3 rings (SSSR count). The third kappa shape index (κ3) is 3.65. The highest BCUT2D eigenvalue weighted by atomic mass is 14.9. The van der Waals surface area contributed by atoms with Crippen molar-refractivity contribution < 1.29 is 4.57 Å². The van der Waals surface area contributed by atoms with Gasteiger partial charge in [-0.1, -0.05) is 45.9 Å². The molecule has 0 radical (unpaired) electrons. The maximum Gasteiger partial charge on any atom is 0.220 e. The molecule has 0 saturated heterocycles. The number of rotatable bonds is 5. The first kappa shape index (κ1) is 19.6. The minimum Gasteiger partial charge on any atom is -0.200 e. The van der Waals surface area contributed by atoms with Gasteiger partial charge in [0, 0.05) is 6.07 Å². The quantitative estimate of drug-likeness (QED) is 0.432. The van der Waals surface area contributed by atoms with Gasteiger partial charge in [0.2, 0.25) is 5.69 Å². The van der Waals surface area contributed by atoms with Gasteiger partial charge in [-0.3, -0.25) is 0 Å². The Kier molecular flexibility index (Phi) is 5.69. The van der Waals surface area contributed by atoms with Crippen LogP contribution >= 0.6 is 0 Å². The van der Waals surface area contributed by atoms with Crippen molar-refractivity contribution in [2.75, 3.05) is 0 Å². The molecule has 1 nitrogen and oxygen atoms in total. The van der Waals surface area contributed by atoms with E-state index in [1.54, 1.807) is 0 Å².